The Labute approximate surface area is 134 Å². The van der Waals surface area contributed by atoms with E-state index in [-0.39, 0.29) is 11.5 Å². The molecule has 2 heterocycles. The van der Waals surface area contributed by atoms with Crippen LogP contribution in [-0.2, 0) is 10.2 Å². The molecule has 0 bridgehead atoms. The van der Waals surface area contributed by atoms with Gasteiger partial charge >= 0.3 is 0 Å². The van der Waals surface area contributed by atoms with Crippen LogP contribution in [0.3, 0.4) is 0 Å². The Morgan fingerprint density at radius 3 is 2.65 bits per heavy atom. The second kappa shape index (κ2) is 6.31. The first-order valence-corrected chi connectivity index (χ1v) is 9.11. The number of H-pyrrole nitrogens is 1. The van der Waals surface area contributed by atoms with Gasteiger partial charge in [0, 0.05) is 31.1 Å². The molecule has 8 heteroatoms. The molecule has 0 atom stereocenters. The summed E-state index contributed by atoms with van der Waals surface area (Å²) >= 11 is 0. The lowest BCUT2D eigenvalue weighted by atomic mass is 9.96. The summed E-state index contributed by atoms with van der Waals surface area (Å²) in [6, 6.07) is 9.36. The van der Waals surface area contributed by atoms with Crippen LogP contribution < -0.4 is 20.3 Å². The summed E-state index contributed by atoms with van der Waals surface area (Å²) in [7, 11) is -3.63. The average molecular weight is 336 g/mol. The van der Waals surface area contributed by atoms with Crippen molar-refractivity contribution >= 4 is 26.8 Å². The molecule has 4 N–H and O–H groups in total. The van der Waals surface area contributed by atoms with Gasteiger partial charge in [0.25, 0.3) is 10.2 Å². The van der Waals surface area contributed by atoms with Gasteiger partial charge in [0.05, 0.1) is 11.2 Å². The summed E-state index contributed by atoms with van der Waals surface area (Å²) < 4.78 is 24.3. The maximum Gasteiger partial charge on any atom is 0.274 e. The van der Waals surface area contributed by atoms with Gasteiger partial charge in [-0.05, 0) is 24.8 Å². The van der Waals surface area contributed by atoms with Crippen LogP contribution in [0.1, 0.15) is 12.8 Å². The number of nitrogens with zero attached hydrogens (tertiary/aromatic N) is 1. The Balaban J connectivity index is 1.74. The van der Waals surface area contributed by atoms with Crippen LogP contribution in [0.4, 0.5) is 5.69 Å². The minimum Gasteiger partial charge on any atom is -0.371 e. The molecule has 0 aliphatic carbocycles. The molecule has 1 saturated heterocycles. The fraction of sp³-hybridized carbons (Fsp3) is 0.400. The van der Waals surface area contributed by atoms with E-state index >= 15 is 0 Å². The number of nitrogens with two attached hydrogens (primary N) is 1. The van der Waals surface area contributed by atoms with Gasteiger partial charge in [-0.15, -0.1) is 0 Å². The first-order valence-electron chi connectivity index (χ1n) is 7.57. The largest absolute Gasteiger partial charge is 0.371 e. The smallest absolute Gasteiger partial charge is 0.274 e. The monoisotopic (exact) mass is 336 g/mol. The summed E-state index contributed by atoms with van der Waals surface area (Å²) in [6.07, 6.45) is 1.70. The van der Waals surface area contributed by atoms with E-state index in [1.165, 1.54) is 0 Å². The number of fused-ring (bicyclic) bond motifs is 1. The van der Waals surface area contributed by atoms with E-state index in [1.54, 1.807) is 6.07 Å². The third kappa shape index (κ3) is 3.90. The third-order valence-electron chi connectivity index (χ3n) is 4.26. The van der Waals surface area contributed by atoms with E-state index < -0.39 is 10.2 Å². The number of anilines is 1. The summed E-state index contributed by atoms with van der Waals surface area (Å²) in [5, 5.41) is 5.98. The van der Waals surface area contributed by atoms with Crippen LogP contribution in [0, 0.1) is 5.92 Å². The quantitative estimate of drug-likeness (QED) is 0.757. The van der Waals surface area contributed by atoms with Crippen molar-refractivity contribution in [2.75, 3.05) is 24.5 Å². The van der Waals surface area contributed by atoms with Crippen molar-refractivity contribution in [3.63, 3.8) is 0 Å². The van der Waals surface area contributed by atoms with Crippen LogP contribution in [-0.4, -0.2) is 33.0 Å². The van der Waals surface area contributed by atoms with Crippen molar-refractivity contribution in [2.24, 2.45) is 11.1 Å². The van der Waals surface area contributed by atoms with Gasteiger partial charge in [-0.3, -0.25) is 4.79 Å². The lowest BCUT2D eigenvalue weighted by molar-refractivity contribution is 0.402. The van der Waals surface area contributed by atoms with E-state index in [2.05, 4.69) is 14.6 Å². The maximum atomic E-state index is 11.9. The molecule has 1 aromatic heterocycles. The van der Waals surface area contributed by atoms with Crippen molar-refractivity contribution in [1.82, 2.24) is 9.71 Å². The van der Waals surface area contributed by atoms with E-state index in [1.807, 2.05) is 24.3 Å². The molecule has 2 aromatic rings. The molecule has 0 unspecified atom stereocenters. The van der Waals surface area contributed by atoms with Crippen LogP contribution in [0.25, 0.3) is 10.9 Å². The zero-order chi connectivity index (χ0) is 16.4. The highest BCUT2D eigenvalue weighted by atomic mass is 32.2. The number of aromatic amines is 1. The van der Waals surface area contributed by atoms with Gasteiger partial charge in [0.2, 0.25) is 5.56 Å². The van der Waals surface area contributed by atoms with Crippen molar-refractivity contribution in [3.8, 4) is 0 Å². The van der Waals surface area contributed by atoms with Gasteiger partial charge in [0.1, 0.15) is 0 Å². The average Bonchev–Trinajstić information content (AvgIpc) is 2.52. The van der Waals surface area contributed by atoms with Crippen LogP contribution in [0.2, 0.25) is 0 Å². The molecule has 0 saturated carbocycles. The number of para-hydroxylation sites is 1. The van der Waals surface area contributed by atoms with Gasteiger partial charge in [0.15, 0.2) is 0 Å². The number of aromatic nitrogens is 1. The van der Waals surface area contributed by atoms with E-state index in [4.69, 9.17) is 5.14 Å². The predicted molar refractivity (Wildman–Crippen MR) is 90.6 cm³/mol. The topological polar surface area (TPSA) is 108 Å². The Bertz CT molecular complexity index is 854. The van der Waals surface area contributed by atoms with Gasteiger partial charge in [-0.25, -0.2) is 9.86 Å². The fourth-order valence-corrected chi connectivity index (χ4v) is 3.53. The lowest BCUT2D eigenvalue weighted by Gasteiger charge is -2.34. The number of benzene rings is 1. The summed E-state index contributed by atoms with van der Waals surface area (Å²) in [6.45, 7) is 1.93. The number of pyridine rings is 1. The van der Waals surface area contributed by atoms with Crippen molar-refractivity contribution in [3.05, 3.63) is 40.7 Å². The first-order chi connectivity index (χ1) is 10.9. The molecule has 0 spiro atoms. The molecular formula is C15H20N4O3S. The molecule has 1 aromatic carbocycles. The van der Waals surface area contributed by atoms with Gasteiger partial charge in [-0.2, -0.15) is 8.42 Å². The van der Waals surface area contributed by atoms with Gasteiger partial charge < -0.3 is 9.88 Å². The highest BCUT2D eigenvalue weighted by Gasteiger charge is 2.21. The minimum absolute atomic E-state index is 0.114. The Hall–Kier alpha value is -1.90. The number of rotatable bonds is 4. The highest BCUT2D eigenvalue weighted by molar-refractivity contribution is 7.87. The minimum atomic E-state index is -3.63. The van der Waals surface area contributed by atoms with Crippen molar-refractivity contribution < 1.29 is 8.42 Å². The molecule has 23 heavy (non-hydrogen) atoms. The Morgan fingerprint density at radius 1 is 1.26 bits per heavy atom. The molecule has 7 nitrogen and oxygen atoms in total. The molecule has 0 radical (unpaired) electrons. The SMILES string of the molecule is NS(=O)(=O)NCC1CCN(c2cc(=O)[nH]c3ccccc23)CC1. The number of piperidine rings is 1. The molecule has 1 aliphatic rings. The fourth-order valence-electron chi connectivity index (χ4n) is 3.06. The molecule has 3 rings (SSSR count). The predicted octanol–water partition coefficient (Wildman–Crippen LogP) is 0.538. The second-order valence-electron chi connectivity index (χ2n) is 5.89. The van der Waals surface area contributed by atoms with Crippen molar-refractivity contribution in [2.45, 2.75) is 12.8 Å². The Morgan fingerprint density at radius 2 is 1.96 bits per heavy atom. The summed E-state index contributed by atoms with van der Waals surface area (Å²) in [5.74, 6) is 0.262. The molecule has 0 amide bonds. The zero-order valence-corrected chi connectivity index (χ0v) is 13.5. The number of hydrogen-bond acceptors (Lipinski definition) is 4. The van der Waals surface area contributed by atoms with E-state index in [9.17, 15) is 13.2 Å². The van der Waals surface area contributed by atoms with E-state index in [0.29, 0.717) is 6.54 Å². The summed E-state index contributed by atoms with van der Waals surface area (Å²) in [4.78, 5) is 16.9. The number of nitrogens with one attached hydrogen (secondary N) is 2. The van der Waals surface area contributed by atoms with Crippen LogP contribution in [0.15, 0.2) is 35.1 Å². The lowest BCUT2D eigenvalue weighted by Crippen LogP contribution is -2.40. The van der Waals surface area contributed by atoms with Crippen LogP contribution in [0.5, 0.6) is 0 Å². The normalized spacial score (nSPS) is 16.8. The molecular weight excluding hydrogens is 316 g/mol. The van der Waals surface area contributed by atoms with Crippen molar-refractivity contribution in [1.29, 1.82) is 0 Å². The first kappa shape index (κ1) is 16.0. The third-order valence-corrected chi connectivity index (χ3v) is 4.83. The number of hydrogen-bond donors (Lipinski definition) is 3. The Kier molecular flexibility index (Phi) is 4.38. The standard InChI is InChI=1S/C15H20N4O3S/c16-23(21,22)17-10-11-5-7-19(8-6-11)14-9-15(20)18-13-4-2-1-3-12(13)14/h1-4,9,11,17H,5-8,10H2,(H,18,20)(H2,16,21,22). The van der Waals surface area contributed by atoms with E-state index in [0.717, 1.165) is 42.5 Å². The molecule has 1 fully saturated rings. The summed E-state index contributed by atoms with van der Waals surface area (Å²) in [5.41, 5.74) is 1.65. The highest BCUT2D eigenvalue weighted by Crippen LogP contribution is 2.27. The van der Waals surface area contributed by atoms with Gasteiger partial charge in [-0.1, -0.05) is 18.2 Å². The molecule has 1 aliphatic heterocycles. The van der Waals surface area contributed by atoms with Crippen LogP contribution >= 0.6 is 0 Å². The maximum absolute atomic E-state index is 11.9. The zero-order valence-electron chi connectivity index (χ0n) is 12.7. The molecule has 124 valence electrons. The second-order valence-corrected chi connectivity index (χ2v) is 7.27.